The molecular weight excluding hydrogens is 366 g/mol. The summed E-state index contributed by atoms with van der Waals surface area (Å²) in [5.74, 6) is -0.248. The number of piperidine rings is 1. The molecule has 142 valence electrons. The van der Waals surface area contributed by atoms with Crippen LogP contribution in [0.3, 0.4) is 0 Å². The number of halogens is 1. The monoisotopic (exact) mass is 387 g/mol. The maximum absolute atomic E-state index is 12.7. The molecule has 27 heavy (non-hydrogen) atoms. The molecular formula is C20H22ClN3O3. The molecule has 0 unspecified atom stereocenters. The van der Waals surface area contributed by atoms with E-state index in [2.05, 4.69) is 10.2 Å². The molecule has 3 rings (SSSR count). The van der Waals surface area contributed by atoms with Crippen LogP contribution in [0.4, 0.5) is 11.4 Å². The number of nitro benzene ring substituents is 1. The first-order valence-corrected chi connectivity index (χ1v) is 9.34. The van der Waals surface area contributed by atoms with E-state index in [9.17, 15) is 14.9 Å². The Kier molecular flexibility index (Phi) is 6.08. The van der Waals surface area contributed by atoms with Crippen LogP contribution < -0.4 is 5.32 Å². The van der Waals surface area contributed by atoms with Crippen molar-refractivity contribution in [2.24, 2.45) is 5.92 Å². The fourth-order valence-corrected chi connectivity index (χ4v) is 3.67. The lowest BCUT2D eigenvalue weighted by atomic mass is 9.96. The molecule has 1 heterocycles. The standard InChI is InChI=1S/C20H22ClN3O3/c1-14-18(9-4-10-19(14)24(26)27)22-20(25)16-7-5-11-23(13-16)12-15-6-2-3-8-17(15)21/h2-4,6,8-10,16H,5,7,11-13H2,1H3,(H,22,25)/t16-/m0/s1. The highest BCUT2D eigenvalue weighted by molar-refractivity contribution is 6.31. The number of hydrogen-bond acceptors (Lipinski definition) is 4. The van der Waals surface area contributed by atoms with E-state index < -0.39 is 4.92 Å². The molecule has 1 aliphatic rings. The fraction of sp³-hybridized carbons (Fsp3) is 0.350. The van der Waals surface area contributed by atoms with Gasteiger partial charge in [-0.1, -0.05) is 35.9 Å². The van der Waals surface area contributed by atoms with Crippen molar-refractivity contribution in [2.45, 2.75) is 26.3 Å². The van der Waals surface area contributed by atoms with Gasteiger partial charge in [0.2, 0.25) is 5.91 Å². The highest BCUT2D eigenvalue weighted by Gasteiger charge is 2.27. The Balaban J connectivity index is 1.66. The summed E-state index contributed by atoms with van der Waals surface area (Å²) in [7, 11) is 0. The smallest absolute Gasteiger partial charge is 0.274 e. The van der Waals surface area contributed by atoms with Gasteiger partial charge >= 0.3 is 0 Å². The number of nitrogens with one attached hydrogen (secondary N) is 1. The number of carbonyl (C=O) groups is 1. The van der Waals surface area contributed by atoms with Gasteiger partial charge in [-0.15, -0.1) is 0 Å². The van der Waals surface area contributed by atoms with Gasteiger partial charge in [0.05, 0.1) is 22.1 Å². The molecule has 7 heteroatoms. The molecule has 1 saturated heterocycles. The maximum Gasteiger partial charge on any atom is 0.274 e. The van der Waals surface area contributed by atoms with Crippen molar-refractivity contribution in [3.05, 3.63) is 68.7 Å². The number of nitro groups is 1. The first-order valence-electron chi connectivity index (χ1n) is 8.96. The Hall–Kier alpha value is -2.44. The van der Waals surface area contributed by atoms with E-state index >= 15 is 0 Å². The zero-order valence-corrected chi connectivity index (χ0v) is 15.9. The molecule has 0 aromatic heterocycles. The van der Waals surface area contributed by atoms with E-state index in [4.69, 9.17) is 11.6 Å². The van der Waals surface area contributed by atoms with Gasteiger partial charge in [-0.2, -0.15) is 0 Å². The van der Waals surface area contributed by atoms with E-state index in [1.54, 1.807) is 19.1 Å². The van der Waals surface area contributed by atoms with Crippen molar-refractivity contribution in [3.8, 4) is 0 Å². The van der Waals surface area contributed by atoms with Crippen LogP contribution in [0, 0.1) is 23.0 Å². The van der Waals surface area contributed by atoms with Crippen LogP contribution in [0.5, 0.6) is 0 Å². The average Bonchev–Trinajstić information content (AvgIpc) is 2.65. The Morgan fingerprint density at radius 2 is 2.07 bits per heavy atom. The number of benzene rings is 2. The molecule has 6 nitrogen and oxygen atoms in total. The Morgan fingerprint density at radius 3 is 2.81 bits per heavy atom. The summed E-state index contributed by atoms with van der Waals surface area (Å²) in [5, 5.41) is 14.7. The van der Waals surface area contributed by atoms with Crippen LogP contribution in [0.1, 0.15) is 24.0 Å². The highest BCUT2D eigenvalue weighted by atomic mass is 35.5. The average molecular weight is 388 g/mol. The van der Waals surface area contributed by atoms with Gasteiger partial charge in [-0.25, -0.2) is 0 Å². The number of likely N-dealkylation sites (tertiary alicyclic amines) is 1. The number of carbonyl (C=O) groups excluding carboxylic acids is 1. The lowest BCUT2D eigenvalue weighted by Gasteiger charge is -2.32. The van der Waals surface area contributed by atoms with Crippen LogP contribution in [0.15, 0.2) is 42.5 Å². The molecule has 0 radical (unpaired) electrons. The molecule has 1 fully saturated rings. The summed E-state index contributed by atoms with van der Waals surface area (Å²) in [6.45, 7) is 3.92. The summed E-state index contributed by atoms with van der Waals surface area (Å²) in [6.07, 6.45) is 1.73. The molecule has 0 aliphatic carbocycles. The third-order valence-corrected chi connectivity index (χ3v) is 5.36. The predicted molar refractivity (Wildman–Crippen MR) is 106 cm³/mol. The number of amides is 1. The van der Waals surface area contributed by atoms with Crippen molar-refractivity contribution >= 4 is 28.9 Å². The zero-order valence-electron chi connectivity index (χ0n) is 15.2. The maximum atomic E-state index is 12.7. The zero-order chi connectivity index (χ0) is 19.4. The lowest BCUT2D eigenvalue weighted by molar-refractivity contribution is -0.385. The van der Waals surface area contributed by atoms with Crippen molar-refractivity contribution < 1.29 is 9.72 Å². The second-order valence-electron chi connectivity index (χ2n) is 6.86. The predicted octanol–water partition coefficient (Wildman–Crippen LogP) is 4.41. The van der Waals surface area contributed by atoms with E-state index in [-0.39, 0.29) is 17.5 Å². The fourth-order valence-electron chi connectivity index (χ4n) is 3.47. The van der Waals surface area contributed by atoms with E-state index in [0.29, 0.717) is 24.3 Å². The first kappa shape index (κ1) is 19.3. The molecule has 2 aromatic carbocycles. The largest absolute Gasteiger partial charge is 0.325 e. The molecule has 1 aliphatic heterocycles. The molecule has 1 N–H and O–H groups in total. The SMILES string of the molecule is Cc1c(NC(=O)[C@H]2CCCN(Cc3ccccc3Cl)C2)cccc1[N+](=O)[O-]. The number of hydrogen-bond donors (Lipinski definition) is 1. The Labute approximate surface area is 163 Å². The summed E-state index contributed by atoms with van der Waals surface area (Å²) in [5.41, 5.74) is 2.03. The van der Waals surface area contributed by atoms with Crippen LogP contribution in [-0.2, 0) is 11.3 Å². The molecule has 1 amide bonds. The lowest BCUT2D eigenvalue weighted by Crippen LogP contribution is -2.40. The molecule has 1 atom stereocenters. The highest BCUT2D eigenvalue weighted by Crippen LogP contribution is 2.27. The number of rotatable bonds is 5. The number of anilines is 1. The Morgan fingerprint density at radius 1 is 1.30 bits per heavy atom. The molecule has 0 saturated carbocycles. The first-order chi connectivity index (χ1) is 13.0. The van der Waals surface area contributed by atoms with Crippen LogP contribution in [0.2, 0.25) is 5.02 Å². The van der Waals surface area contributed by atoms with Crippen molar-refractivity contribution in [1.29, 1.82) is 0 Å². The number of nitrogens with zero attached hydrogens (tertiary/aromatic N) is 2. The van der Waals surface area contributed by atoms with Crippen molar-refractivity contribution in [1.82, 2.24) is 4.90 Å². The molecule has 0 spiro atoms. The van der Waals surface area contributed by atoms with Crippen molar-refractivity contribution in [2.75, 3.05) is 18.4 Å². The summed E-state index contributed by atoms with van der Waals surface area (Å²) in [6, 6.07) is 12.5. The molecule has 0 bridgehead atoms. The minimum absolute atomic E-state index is 0.0109. The van der Waals surface area contributed by atoms with E-state index in [1.165, 1.54) is 6.07 Å². The van der Waals surface area contributed by atoms with Gasteiger partial charge < -0.3 is 5.32 Å². The second-order valence-corrected chi connectivity index (χ2v) is 7.27. The third-order valence-electron chi connectivity index (χ3n) is 4.99. The van der Waals surface area contributed by atoms with Crippen molar-refractivity contribution in [3.63, 3.8) is 0 Å². The van der Waals surface area contributed by atoms with Gasteiger partial charge in [0.15, 0.2) is 0 Å². The van der Waals surface area contributed by atoms with Gasteiger partial charge in [0.25, 0.3) is 5.69 Å². The summed E-state index contributed by atoms with van der Waals surface area (Å²) < 4.78 is 0. The van der Waals surface area contributed by atoms with Crippen LogP contribution >= 0.6 is 11.6 Å². The minimum Gasteiger partial charge on any atom is -0.325 e. The topological polar surface area (TPSA) is 75.5 Å². The van der Waals surface area contributed by atoms with Gasteiger partial charge in [-0.3, -0.25) is 19.8 Å². The van der Waals surface area contributed by atoms with Crippen LogP contribution in [-0.4, -0.2) is 28.8 Å². The minimum atomic E-state index is -0.434. The Bertz CT molecular complexity index is 856. The second kappa shape index (κ2) is 8.50. The van der Waals surface area contributed by atoms with Gasteiger partial charge in [0.1, 0.15) is 0 Å². The van der Waals surface area contributed by atoms with Gasteiger partial charge in [-0.05, 0) is 44.0 Å². The van der Waals surface area contributed by atoms with E-state index in [0.717, 1.165) is 30.0 Å². The summed E-state index contributed by atoms with van der Waals surface area (Å²) >= 11 is 6.25. The van der Waals surface area contributed by atoms with E-state index in [1.807, 2.05) is 24.3 Å². The summed E-state index contributed by atoms with van der Waals surface area (Å²) in [4.78, 5) is 25.6. The third kappa shape index (κ3) is 4.64. The molecule has 2 aromatic rings. The van der Waals surface area contributed by atoms with Crippen LogP contribution in [0.25, 0.3) is 0 Å². The normalized spacial score (nSPS) is 17.5. The quantitative estimate of drug-likeness (QED) is 0.609. The van der Waals surface area contributed by atoms with Gasteiger partial charge in [0, 0.05) is 24.2 Å².